The lowest BCUT2D eigenvalue weighted by Gasteiger charge is -2.08. The van der Waals surface area contributed by atoms with Crippen molar-refractivity contribution in [2.24, 2.45) is 0 Å². The van der Waals surface area contributed by atoms with Crippen LogP contribution in [0.25, 0.3) is 0 Å². The van der Waals surface area contributed by atoms with Crippen molar-refractivity contribution < 1.29 is 9.78 Å². The average Bonchev–Trinajstić information content (AvgIpc) is 2.48. The molecule has 70 valence electrons. The molecule has 0 aromatic heterocycles. The fraction of sp³-hybridized carbons (Fsp3) is 0.455. The predicted molar refractivity (Wildman–Crippen MR) is 50.7 cm³/mol. The van der Waals surface area contributed by atoms with Crippen LogP contribution >= 0.6 is 0 Å². The van der Waals surface area contributed by atoms with Gasteiger partial charge in [-0.2, -0.15) is 4.89 Å². The van der Waals surface area contributed by atoms with Gasteiger partial charge < -0.3 is 4.89 Å². The zero-order valence-corrected chi connectivity index (χ0v) is 8.20. The Kier molecular flexibility index (Phi) is 2.00. The molecule has 1 aromatic rings. The molecule has 13 heavy (non-hydrogen) atoms. The fourth-order valence-electron chi connectivity index (χ4n) is 1.62. The average molecular weight is 178 g/mol. The quantitative estimate of drug-likeness (QED) is 0.615. The van der Waals surface area contributed by atoms with Crippen LogP contribution in [0, 0.1) is 0 Å². The van der Waals surface area contributed by atoms with Crippen LogP contribution in [0.5, 0.6) is 5.75 Å². The van der Waals surface area contributed by atoms with Crippen molar-refractivity contribution in [2.75, 3.05) is 0 Å². The second kappa shape index (κ2) is 3.04. The summed E-state index contributed by atoms with van der Waals surface area (Å²) in [6, 6.07) is 6.20. The van der Waals surface area contributed by atoms with Gasteiger partial charge in [-0.05, 0) is 12.8 Å². The van der Waals surface area contributed by atoms with Gasteiger partial charge in [0, 0.05) is 11.1 Å². The van der Waals surface area contributed by atoms with Gasteiger partial charge in [0.05, 0.1) is 0 Å². The van der Waals surface area contributed by atoms with Crippen molar-refractivity contribution in [3.63, 3.8) is 0 Å². The van der Waals surface area contributed by atoms with Gasteiger partial charge in [-0.15, -0.1) is 0 Å². The number of rotatable bonds is 1. The Hall–Kier alpha value is -1.02. The zero-order chi connectivity index (χ0) is 9.42. The maximum atomic E-state index is 5.20. The molecule has 0 saturated heterocycles. The standard InChI is InChI=1S/C11H14O2/c1-7(2)9-5-4-6-10-8(3)12-13-11(9)10/h4-8H,1-3H3. The van der Waals surface area contributed by atoms with Crippen LogP contribution < -0.4 is 4.89 Å². The maximum absolute atomic E-state index is 5.20. The van der Waals surface area contributed by atoms with Crippen molar-refractivity contribution in [2.45, 2.75) is 32.8 Å². The van der Waals surface area contributed by atoms with Crippen LogP contribution in [0.3, 0.4) is 0 Å². The minimum absolute atomic E-state index is 0.0636. The first kappa shape index (κ1) is 8.57. The van der Waals surface area contributed by atoms with E-state index in [1.165, 1.54) is 5.56 Å². The summed E-state index contributed by atoms with van der Waals surface area (Å²) in [7, 11) is 0. The van der Waals surface area contributed by atoms with Gasteiger partial charge in [0.25, 0.3) is 0 Å². The smallest absolute Gasteiger partial charge is 0.174 e. The van der Waals surface area contributed by atoms with Gasteiger partial charge in [-0.3, -0.25) is 0 Å². The van der Waals surface area contributed by atoms with Crippen LogP contribution in [-0.2, 0) is 4.89 Å². The Labute approximate surface area is 78.4 Å². The van der Waals surface area contributed by atoms with Gasteiger partial charge >= 0.3 is 0 Å². The summed E-state index contributed by atoms with van der Waals surface area (Å²) in [5.41, 5.74) is 2.38. The van der Waals surface area contributed by atoms with E-state index in [0.29, 0.717) is 5.92 Å². The molecule has 1 heterocycles. The highest BCUT2D eigenvalue weighted by atomic mass is 17.2. The van der Waals surface area contributed by atoms with E-state index >= 15 is 0 Å². The summed E-state index contributed by atoms with van der Waals surface area (Å²) in [4.78, 5) is 10.3. The predicted octanol–water partition coefficient (Wildman–Crippen LogP) is 3.20. The molecule has 0 spiro atoms. The van der Waals surface area contributed by atoms with Crippen LogP contribution in [0.1, 0.15) is 43.9 Å². The maximum Gasteiger partial charge on any atom is 0.174 e. The summed E-state index contributed by atoms with van der Waals surface area (Å²) in [6.07, 6.45) is 0.0636. The third-order valence-electron chi connectivity index (χ3n) is 2.41. The molecule has 2 rings (SSSR count). The molecular formula is C11H14O2. The lowest BCUT2D eigenvalue weighted by Crippen LogP contribution is -1.92. The minimum atomic E-state index is 0.0636. The van der Waals surface area contributed by atoms with Gasteiger partial charge in [0.2, 0.25) is 0 Å². The molecule has 0 amide bonds. The Morgan fingerprint density at radius 2 is 2.08 bits per heavy atom. The highest BCUT2D eigenvalue weighted by Crippen LogP contribution is 2.39. The first-order valence-electron chi connectivity index (χ1n) is 4.66. The van der Waals surface area contributed by atoms with E-state index < -0.39 is 0 Å². The van der Waals surface area contributed by atoms with Gasteiger partial charge in [0.15, 0.2) is 5.75 Å². The van der Waals surface area contributed by atoms with E-state index in [1.54, 1.807) is 0 Å². The lowest BCUT2D eigenvalue weighted by atomic mass is 9.98. The second-order valence-corrected chi connectivity index (χ2v) is 3.74. The number of fused-ring (bicyclic) bond motifs is 1. The third kappa shape index (κ3) is 1.31. The molecule has 0 saturated carbocycles. The number of benzene rings is 1. The SMILES string of the molecule is CC(C)c1cccc2c1OOC2C. The van der Waals surface area contributed by atoms with E-state index in [9.17, 15) is 0 Å². The highest BCUT2D eigenvalue weighted by molar-refractivity contribution is 5.45. The second-order valence-electron chi connectivity index (χ2n) is 3.74. The summed E-state index contributed by atoms with van der Waals surface area (Å²) in [5.74, 6) is 1.40. The van der Waals surface area contributed by atoms with Crippen molar-refractivity contribution >= 4 is 0 Å². The van der Waals surface area contributed by atoms with Crippen LogP contribution in [0.4, 0.5) is 0 Å². The monoisotopic (exact) mass is 178 g/mol. The van der Waals surface area contributed by atoms with Crippen LogP contribution in [0.15, 0.2) is 18.2 Å². The van der Waals surface area contributed by atoms with Crippen LogP contribution in [-0.4, -0.2) is 0 Å². The molecule has 2 nitrogen and oxygen atoms in total. The van der Waals surface area contributed by atoms with Crippen molar-refractivity contribution in [3.8, 4) is 5.75 Å². The normalized spacial score (nSPS) is 20.2. The van der Waals surface area contributed by atoms with Gasteiger partial charge in [-0.1, -0.05) is 32.0 Å². The Balaban J connectivity index is 2.51. The van der Waals surface area contributed by atoms with E-state index in [-0.39, 0.29) is 6.10 Å². The number of hydrogen-bond donors (Lipinski definition) is 0. The molecule has 1 aromatic carbocycles. The molecular weight excluding hydrogens is 164 g/mol. The summed E-state index contributed by atoms with van der Waals surface area (Å²) in [5, 5.41) is 0. The molecule has 0 fully saturated rings. The van der Waals surface area contributed by atoms with Gasteiger partial charge in [-0.25, -0.2) is 0 Å². The van der Waals surface area contributed by atoms with Gasteiger partial charge in [0.1, 0.15) is 6.10 Å². The molecule has 2 heteroatoms. The molecule has 1 aliphatic rings. The Bertz CT molecular complexity index is 318. The summed E-state index contributed by atoms with van der Waals surface area (Å²) in [6.45, 7) is 6.31. The molecule has 1 aliphatic heterocycles. The van der Waals surface area contributed by atoms with E-state index in [2.05, 4.69) is 32.0 Å². The molecule has 1 unspecified atom stereocenters. The first-order chi connectivity index (χ1) is 6.20. The Morgan fingerprint density at radius 3 is 2.77 bits per heavy atom. The van der Waals surface area contributed by atoms with Crippen molar-refractivity contribution in [1.82, 2.24) is 0 Å². The molecule has 0 aliphatic carbocycles. The molecule has 0 bridgehead atoms. The summed E-state index contributed by atoms with van der Waals surface area (Å²) < 4.78 is 0. The fourth-order valence-corrected chi connectivity index (χ4v) is 1.62. The van der Waals surface area contributed by atoms with Crippen LogP contribution in [0.2, 0.25) is 0 Å². The molecule has 1 atom stereocenters. The van der Waals surface area contributed by atoms with E-state index in [1.807, 2.05) is 6.92 Å². The molecule has 0 N–H and O–H groups in total. The first-order valence-corrected chi connectivity index (χ1v) is 4.66. The van der Waals surface area contributed by atoms with E-state index in [0.717, 1.165) is 11.3 Å². The van der Waals surface area contributed by atoms with Crippen molar-refractivity contribution in [3.05, 3.63) is 29.3 Å². The minimum Gasteiger partial charge on any atom is -0.336 e. The molecule has 0 radical (unpaired) electrons. The zero-order valence-electron chi connectivity index (χ0n) is 8.20. The number of para-hydroxylation sites is 1. The number of hydrogen-bond acceptors (Lipinski definition) is 2. The largest absolute Gasteiger partial charge is 0.336 e. The topological polar surface area (TPSA) is 18.5 Å². The highest BCUT2D eigenvalue weighted by Gasteiger charge is 2.25. The Morgan fingerprint density at radius 1 is 1.31 bits per heavy atom. The van der Waals surface area contributed by atoms with E-state index in [4.69, 9.17) is 9.78 Å². The summed E-state index contributed by atoms with van der Waals surface area (Å²) >= 11 is 0. The van der Waals surface area contributed by atoms with Crippen molar-refractivity contribution in [1.29, 1.82) is 0 Å². The lowest BCUT2D eigenvalue weighted by molar-refractivity contribution is -0.219. The third-order valence-corrected chi connectivity index (χ3v) is 2.41.